The number of esters is 1. The van der Waals surface area contributed by atoms with E-state index in [1.54, 1.807) is 5.38 Å². The maximum atomic E-state index is 12.0. The lowest BCUT2D eigenvalue weighted by atomic mass is 10.2. The first-order valence-electron chi connectivity index (χ1n) is 8.40. The van der Waals surface area contributed by atoms with Crippen molar-refractivity contribution in [2.45, 2.75) is 26.4 Å². The van der Waals surface area contributed by atoms with E-state index in [2.05, 4.69) is 20.9 Å². The lowest BCUT2D eigenvalue weighted by Crippen LogP contribution is -2.41. The summed E-state index contributed by atoms with van der Waals surface area (Å²) >= 11 is 1.27. The minimum atomic E-state index is -0.694. The van der Waals surface area contributed by atoms with Crippen LogP contribution < -0.4 is 16.0 Å². The Morgan fingerprint density at radius 3 is 2.59 bits per heavy atom. The number of benzene rings is 1. The van der Waals surface area contributed by atoms with Gasteiger partial charge in [0.05, 0.1) is 6.54 Å². The number of ether oxygens (including phenoxy) is 1. The number of rotatable bonds is 9. The number of nitrogens with zero attached hydrogens (tertiary/aromatic N) is 1. The molecule has 0 saturated heterocycles. The van der Waals surface area contributed by atoms with Crippen molar-refractivity contribution in [3.63, 3.8) is 0 Å². The molecule has 0 bridgehead atoms. The predicted octanol–water partition coefficient (Wildman–Crippen LogP) is 1.55. The fourth-order valence-corrected chi connectivity index (χ4v) is 2.71. The maximum absolute atomic E-state index is 12.0. The molecule has 0 aliphatic carbocycles. The number of hydrogen-bond donors (Lipinski definition) is 3. The molecule has 0 fully saturated rings. The van der Waals surface area contributed by atoms with Gasteiger partial charge in [0.25, 0.3) is 5.91 Å². The van der Waals surface area contributed by atoms with Gasteiger partial charge in [-0.15, -0.1) is 11.3 Å². The first-order valence-corrected chi connectivity index (χ1v) is 9.28. The van der Waals surface area contributed by atoms with Crippen molar-refractivity contribution in [3.8, 4) is 0 Å². The lowest BCUT2D eigenvalue weighted by molar-refractivity contribution is -0.128. The summed E-state index contributed by atoms with van der Waals surface area (Å²) in [5, 5.41) is 10.3. The van der Waals surface area contributed by atoms with Crippen molar-refractivity contribution in [1.29, 1.82) is 0 Å². The molecule has 0 spiro atoms. The largest absolute Gasteiger partial charge is 0.451 e. The molecule has 144 valence electrons. The van der Waals surface area contributed by atoms with Gasteiger partial charge in [-0.2, -0.15) is 0 Å². The van der Waals surface area contributed by atoms with E-state index >= 15 is 0 Å². The van der Waals surface area contributed by atoms with Crippen LogP contribution in [0.4, 0.5) is 5.13 Å². The van der Waals surface area contributed by atoms with Crippen LogP contribution in [0.2, 0.25) is 0 Å². The van der Waals surface area contributed by atoms with E-state index < -0.39 is 18.5 Å². The van der Waals surface area contributed by atoms with Gasteiger partial charge in [-0.05, 0) is 19.4 Å². The van der Waals surface area contributed by atoms with E-state index in [-0.39, 0.29) is 24.2 Å². The van der Waals surface area contributed by atoms with Gasteiger partial charge in [-0.3, -0.25) is 9.59 Å². The first-order chi connectivity index (χ1) is 12.9. The van der Waals surface area contributed by atoms with Crippen molar-refractivity contribution < 1.29 is 19.1 Å². The number of nitrogens with one attached hydrogen (secondary N) is 3. The zero-order valence-electron chi connectivity index (χ0n) is 15.2. The van der Waals surface area contributed by atoms with Crippen molar-refractivity contribution >= 4 is 34.3 Å². The molecule has 8 nitrogen and oxygen atoms in total. The standard InChI is InChI=1S/C18H22N4O4S/c1-12(2)21-15(23)9-19-16(24)10-26-17(25)14-11-27-18(22-14)20-8-13-6-4-3-5-7-13/h3-7,11-12H,8-10H2,1-2H3,(H,19,24)(H,20,22)(H,21,23). The predicted molar refractivity (Wildman–Crippen MR) is 102 cm³/mol. The summed E-state index contributed by atoms with van der Waals surface area (Å²) in [6.07, 6.45) is 0. The van der Waals surface area contributed by atoms with E-state index in [0.717, 1.165) is 5.56 Å². The molecule has 2 aromatic rings. The molecule has 0 unspecified atom stereocenters. The average Bonchev–Trinajstić information content (AvgIpc) is 3.12. The first kappa shape index (κ1) is 20.4. The second-order valence-electron chi connectivity index (χ2n) is 5.95. The number of aromatic nitrogens is 1. The van der Waals surface area contributed by atoms with E-state index in [1.807, 2.05) is 44.2 Å². The zero-order valence-corrected chi connectivity index (χ0v) is 16.0. The van der Waals surface area contributed by atoms with Crippen LogP contribution in [0.1, 0.15) is 29.9 Å². The van der Waals surface area contributed by atoms with Crippen molar-refractivity contribution in [3.05, 3.63) is 47.0 Å². The van der Waals surface area contributed by atoms with Gasteiger partial charge in [0.2, 0.25) is 5.91 Å². The highest BCUT2D eigenvalue weighted by Crippen LogP contribution is 2.17. The van der Waals surface area contributed by atoms with Gasteiger partial charge in [0.1, 0.15) is 0 Å². The number of thiazole rings is 1. The number of amides is 2. The summed E-state index contributed by atoms with van der Waals surface area (Å²) in [4.78, 5) is 39.2. The lowest BCUT2D eigenvalue weighted by Gasteiger charge is -2.09. The molecule has 0 saturated carbocycles. The molecule has 1 heterocycles. The SMILES string of the molecule is CC(C)NC(=O)CNC(=O)COC(=O)c1csc(NCc2ccccc2)n1. The topological polar surface area (TPSA) is 109 Å². The van der Waals surface area contributed by atoms with E-state index in [9.17, 15) is 14.4 Å². The highest BCUT2D eigenvalue weighted by atomic mass is 32.1. The van der Waals surface area contributed by atoms with Gasteiger partial charge in [-0.1, -0.05) is 30.3 Å². The number of carbonyl (C=O) groups is 3. The van der Waals surface area contributed by atoms with Crippen LogP contribution in [0.25, 0.3) is 0 Å². The highest BCUT2D eigenvalue weighted by Gasteiger charge is 2.14. The summed E-state index contributed by atoms with van der Waals surface area (Å²) in [5.74, 6) is -1.56. The van der Waals surface area contributed by atoms with Crippen LogP contribution in [-0.2, 0) is 20.9 Å². The van der Waals surface area contributed by atoms with E-state index in [0.29, 0.717) is 11.7 Å². The Kier molecular flexibility index (Phi) is 7.75. The molecular formula is C18H22N4O4S. The Hall–Kier alpha value is -2.94. The maximum Gasteiger partial charge on any atom is 0.358 e. The molecule has 0 aliphatic rings. The van der Waals surface area contributed by atoms with Crippen molar-refractivity contribution in [2.24, 2.45) is 0 Å². The summed E-state index contributed by atoms with van der Waals surface area (Å²) in [7, 11) is 0. The smallest absolute Gasteiger partial charge is 0.358 e. The molecule has 27 heavy (non-hydrogen) atoms. The van der Waals surface area contributed by atoms with Gasteiger partial charge in [-0.25, -0.2) is 9.78 Å². The normalized spacial score (nSPS) is 10.3. The molecule has 2 amide bonds. The van der Waals surface area contributed by atoms with Gasteiger partial charge in [0.15, 0.2) is 17.4 Å². The Bertz CT molecular complexity index is 777. The van der Waals surface area contributed by atoms with Crippen molar-refractivity contribution in [2.75, 3.05) is 18.5 Å². The molecular weight excluding hydrogens is 368 g/mol. The number of carbonyl (C=O) groups excluding carboxylic acids is 3. The third-order valence-electron chi connectivity index (χ3n) is 3.23. The fourth-order valence-electron chi connectivity index (χ4n) is 2.03. The fraction of sp³-hybridized carbons (Fsp3) is 0.333. The zero-order chi connectivity index (χ0) is 19.6. The highest BCUT2D eigenvalue weighted by molar-refractivity contribution is 7.13. The second kappa shape index (κ2) is 10.3. The number of anilines is 1. The Balaban J connectivity index is 1.72. The third kappa shape index (κ3) is 7.45. The van der Waals surface area contributed by atoms with Gasteiger partial charge >= 0.3 is 5.97 Å². The molecule has 1 aromatic carbocycles. The summed E-state index contributed by atoms with van der Waals surface area (Å²) in [5.41, 5.74) is 1.22. The van der Waals surface area contributed by atoms with Crippen LogP contribution in [0.15, 0.2) is 35.7 Å². The summed E-state index contributed by atoms with van der Waals surface area (Å²) in [6, 6.07) is 9.78. The molecule has 0 radical (unpaired) electrons. The van der Waals surface area contributed by atoms with Crippen LogP contribution in [0.5, 0.6) is 0 Å². The number of hydrogen-bond acceptors (Lipinski definition) is 7. The molecule has 2 rings (SSSR count). The Morgan fingerprint density at radius 1 is 1.15 bits per heavy atom. The van der Waals surface area contributed by atoms with E-state index in [4.69, 9.17) is 4.74 Å². The van der Waals surface area contributed by atoms with Crippen LogP contribution in [0.3, 0.4) is 0 Å². The van der Waals surface area contributed by atoms with Crippen molar-refractivity contribution in [1.82, 2.24) is 15.6 Å². The molecule has 1 aromatic heterocycles. The minimum absolute atomic E-state index is 0.0124. The molecule has 0 aliphatic heterocycles. The second-order valence-corrected chi connectivity index (χ2v) is 6.81. The van der Waals surface area contributed by atoms with Crippen LogP contribution in [-0.4, -0.2) is 42.0 Å². The van der Waals surface area contributed by atoms with Crippen LogP contribution in [0, 0.1) is 0 Å². The average molecular weight is 390 g/mol. The molecule has 3 N–H and O–H groups in total. The Labute approximate surface area is 161 Å². The third-order valence-corrected chi connectivity index (χ3v) is 4.03. The molecule has 9 heteroatoms. The van der Waals surface area contributed by atoms with Gasteiger partial charge in [0, 0.05) is 18.0 Å². The minimum Gasteiger partial charge on any atom is -0.451 e. The summed E-state index contributed by atoms with van der Waals surface area (Å²) < 4.78 is 4.91. The molecule has 0 atom stereocenters. The van der Waals surface area contributed by atoms with Crippen LogP contribution >= 0.6 is 11.3 Å². The quantitative estimate of drug-likeness (QED) is 0.561. The van der Waals surface area contributed by atoms with Gasteiger partial charge < -0.3 is 20.7 Å². The monoisotopic (exact) mass is 390 g/mol. The van der Waals surface area contributed by atoms with E-state index in [1.165, 1.54) is 11.3 Å². The summed E-state index contributed by atoms with van der Waals surface area (Å²) in [6.45, 7) is 3.58. The Morgan fingerprint density at radius 2 is 1.89 bits per heavy atom.